The number of carbonyl (C=O) groups is 1. The minimum atomic E-state index is -3.00. The lowest BCUT2D eigenvalue weighted by Gasteiger charge is -2.18. The normalized spacial score (nSPS) is 14.4. The fourth-order valence-electron chi connectivity index (χ4n) is 2.24. The molecule has 2 aromatic heterocycles. The summed E-state index contributed by atoms with van der Waals surface area (Å²) in [7, 11) is -1.63. The van der Waals surface area contributed by atoms with Crippen LogP contribution in [0.25, 0.3) is 11.2 Å². The second-order valence-electron chi connectivity index (χ2n) is 5.96. The molecule has 0 saturated heterocycles. The Morgan fingerprint density at radius 1 is 1.48 bits per heavy atom. The number of anilines is 1. The first-order valence-electron chi connectivity index (χ1n) is 8.01. The van der Waals surface area contributed by atoms with Gasteiger partial charge in [-0.3, -0.25) is 24.5 Å². The Hall–Kier alpha value is -2.24. The van der Waals surface area contributed by atoms with Gasteiger partial charge in [-0.15, -0.1) is 4.89 Å². The summed E-state index contributed by atoms with van der Waals surface area (Å²) in [5.41, 5.74) is -0.611. The van der Waals surface area contributed by atoms with Crippen molar-refractivity contribution in [1.29, 1.82) is 0 Å². The van der Waals surface area contributed by atoms with Crippen LogP contribution in [0.4, 0.5) is 5.95 Å². The average molecular weight is 402 g/mol. The fourth-order valence-corrected chi connectivity index (χ4v) is 2.63. The van der Waals surface area contributed by atoms with Crippen molar-refractivity contribution in [1.82, 2.24) is 19.5 Å². The number of H-pyrrole nitrogens is 1. The van der Waals surface area contributed by atoms with E-state index in [9.17, 15) is 19.3 Å². The lowest BCUT2D eigenvalue weighted by Crippen LogP contribution is -2.24. The van der Waals surface area contributed by atoms with Gasteiger partial charge in [-0.2, -0.15) is 4.98 Å². The molecule has 0 aliphatic carbocycles. The van der Waals surface area contributed by atoms with Crippen molar-refractivity contribution in [2.75, 3.05) is 19.0 Å². The number of aliphatic hydroxyl groups excluding tert-OH is 1. The molecule has 13 heteroatoms. The zero-order chi connectivity index (χ0) is 20.1. The number of amides is 1. The molecular weight excluding hydrogens is 381 g/mol. The van der Waals surface area contributed by atoms with Crippen LogP contribution in [0.3, 0.4) is 0 Å². The lowest BCUT2D eigenvalue weighted by molar-refractivity contribution is -0.118. The molecule has 1 amide bonds. The average Bonchev–Trinajstić information content (AvgIpc) is 3.02. The van der Waals surface area contributed by atoms with Crippen molar-refractivity contribution in [3.05, 3.63) is 16.7 Å². The van der Waals surface area contributed by atoms with Gasteiger partial charge in [0.15, 0.2) is 17.4 Å². The summed E-state index contributed by atoms with van der Waals surface area (Å²) < 4.78 is 22.5. The van der Waals surface area contributed by atoms with Gasteiger partial charge in [-0.25, -0.2) is 4.98 Å². The molecule has 2 aromatic rings. The summed E-state index contributed by atoms with van der Waals surface area (Å²) in [6.45, 7) is 3.00. The second kappa shape index (κ2) is 9.11. The number of hydrogen-bond donors (Lipinski definition) is 4. The fraction of sp³-hybridized carbons (Fsp3) is 0.571. The number of aromatic nitrogens is 4. The van der Waals surface area contributed by atoms with Gasteiger partial charge in [0.05, 0.1) is 19.0 Å². The maximum Gasteiger partial charge on any atom is 0.696 e. The maximum atomic E-state index is 12.2. The van der Waals surface area contributed by atoms with E-state index < -0.39 is 26.1 Å². The molecule has 0 aliphatic rings. The highest BCUT2D eigenvalue weighted by Crippen LogP contribution is 2.30. The predicted octanol–water partition coefficient (Wildman–Crippen LogP) is 0.276. The van der Waals surface area contributed by atoms with Crippen LogP contribution in [0.2, 0.25) is 0 Å². The number of aliphatic hydroxyl groups is 1. The van der Waals surface area contributed by atoms with Crippen LogP contribution in [-0.4, -0.2) is 55.2 Å². The van der Waals surface area contributed by atoms with E-state index in [0.29, 0.717) is 0 Å². The molecule has 0 aliphatic heterocycles. The molecule has 0 saturated carbocycles. The number of rotatable bonds is 9. The first kappa shape index (κ1) is 21.1. The Kier molecular flexibility index (Phi) is 7.11. The molecule has 2 rings (SSSR count). The first-order chi connectivity index (χ1) is 12.8. The standard InChI is InChI=1S/C14H20N5O7P/c1-7(2)12(21)17-14-16-11-10(13(22)18-14)15-6-19(11)9(26-27(23)24)4-8(5-20)25-3/h6-9,20H,4-5H2,1-3H3,(H2-,16,17,18,21,22,23,24)/p+1/t8-,9+/m0/s1. The van der Waals surface area contributed by atoms with E-state index in [1.807, 2.05) is 0 Å². The van der Waals surface area contributed by atoms with E-state index in [2.05, 4.69) is 20.3 Å². The number of nitrogens with one attached hydrogen (secondary N) is 2. The number of carbonyl (C=O) groups excluding carboxylic acids is 1. The molecular formula is C14H21N5O7P+. The van der Waals surface area contributed by atoms with Crippen molar-refractivity contribution in [3.63, 3.8) is 0 Å². The third-order valence-electron chi connectivity index (χ3n) is 3.72. The number of imidazole rings is 1. The van der Waals surface area contributed by atoms with E-state index in [1.54, 1.807) is 13.8 Å². The highest BCUT2D eigenvalue weighted by Gasteiger charge is 2.30. The van der Waals surface area contributed by atoms with Crippen molar-refractivity contribution >= 4 is 31.3 Å². The van der Waals surface area contributed by atoms with E-state index in [1.165, 1.54) is 18.0 Å². The van der Waals surface area contributed by atoms with Crippen LogP contribution in [0.15, 0.2) is 11.1 Å². The Balaban J connectivity index is 2.48. The Morgan fingerprint density at radius 2 is 2.19 bits per heavy atom. The Labute approximate surface area is 154 Å². The van der Waals surface area contributed by atoms with Crippen LogP contribution in [0.5, 0.6) is 0 Å². The third-order valence-corrected chi connectivity index (χ3v) is 4.15. The van der Waals surface area contributed by atoms with Gasteiger partial charge in [0.2, 0.25) is 11.9 Å². The Bertz CT molecular complexity index is 876. The predicted molar refractivity (Wildman–Crippen MR) is 94.1 cm³/mol. The summed E-state index contributed by atoms with van der Waals surface area (Å²) in [6, 6.07) is 0. The summed E-state index contributed by atoms with van der Waals surface area (Å²) in [5.74, 6) is -0.780. The minimum absolute atomic E-state index is 0.0116. The minimum Gasteiger partial charge on any atom is -0.394 e. The van der Waals surface area contributed by atoms with Gasteiger partial charge >= 0.3 is 8.25 Å². The van der Waals surface area contributed by atoms with Gasteiger partial charge in [-0.05, 0) is 0 Å². The summed E-state index contributed by atoms with van der Waals surface area (Å²) in [4.78, 5) is 43.7. The number of ether oxygens (including phenoxy) is 1. The zero-order valence-electron chi connectivity index (χ0n) is 14.9. The Morgan fingerprint density at radius 3 is 2.74 bits per heavy atom. The summed E-state index contributed by atoms with van der Waals surface area (Å²) in [5, 5.41) is 11.8. The first-order valence-corrected chi connectivity index (χ1v) is 9.14. The SMILES string of the molecule is CO[C@H](CO)C[C@@H](O[P+](=O)O)n1cnc2c(=O)[nH]c(NC(=O)C(C)C)nc21. The van der Waals surface area contributed by atoms with Gasteiger partial charge < -0.3 is 9.84 Å². The highest BCUT2D eigenvalue weighted by atomic mass is 31.1. The van der Waals surface area contributed by atoms with Gasteiger partial charge in [-0.1, -0.05) is 18.4 Å². The van der Waals surface area contributed by atoms with E-state index in [4.69, 9.17) is 14.2 Å². The monoisotopic (exact) mass is 402 g/mol. The largest absolute Gasteiger partial charge is 0.696 e. The van der Waals surface area contributed by atoms with Crippen molar-refractivity contribution in [3.8, 4) is 0 Å². The van der Waals surface area contributed by atoms with Gasteiger partial charge in [0.1, 0.15) is 0 Å². The number of aromatic amines is 1. The quantitative estimate of drug-likeness (QED) is 0.430. The summed E-state index contributed by atoms with van der Waals surface area (Å²) in [6.07, 6.45) is -0.579. The van der Waals surface area contributed by atoms with Crippen LogP contribution in [-0.2, 0) is 18.6 Å². The van der Waals surface area contributed by atoms with Crippen LogP contribution < -0.4 is 10.9 Å². The summed E-state index contributed by atoms with van der Waals surface area (Å²) >= 11 is 0. The van der Waals surface area contributed by atoms with E-state index >= 15 is 0 Å². The second-order valence-corrected chi connectivity index (χ2v) is 6.64. The third kappa shape index (κ3) is 5.15. The highest BCUT2D eigenvalue weighted by molar-refractivity contribution is 7.32. The smallest absolute Gasteiger partial charge is 0.394 e. The lowest BCUT2D eigenvalue weighted by atomic mass is 10.2. The molecule has 3 atom stereocenters. The number of fused-ring (bicyclic) bond motifs is 1. The molecule has 4 N–H and O–H groups in total. The number of nitrogens with zero attached hydrogens (tertiary/aromatic N) is 3. The van der Waals surface area contributed by atoms with Crippen LogP contribution >= 0.6 is 8.25 Å². The molecule has 0 radical (unpaired) electrons. The van der Waals surface area contributed by atoms with Gasteiger partial charge in [0.25, 0.3) is 5.56 Å². The van der Waals surface area contributed by atoms with Gasteiger partial charge in [0, 0.05) is 24.0 Å². The molecule has 0 aromatic carbocycles. The molecule has 0 fully saturated rings. The topological polar surface area (TPSA) is 169 Å². The van der Waals surface area contributed by atoms with Crippen molar-refractivity contribution in [2.24, 2.45) is 5.92 Å². The molecule has 0 spiro atoms. The number of hydrogen-bond acceptors (Lipinski definition) is 8. The van der Waals surface area contributed by atoms with Crippen molar-refractivity contribution < 1.29 is 28.6 Å². The molecule has 1 unspecified atom stereocenters. The molecule has 27 heavy (non-hydrogen) atoms. The molecule has 12 nitrogen and oxygen atoms in total. The maximum absolute atomic E-state index is 12.2. The van der Waals surface area contributed by atoms with E-state index in [-0.39, 0.29) is 42.0 Å². The van der Waals surface area contributed by atoms with E-state index in [0.717, 1.165) is 0 Å². The zero-order valence-corrected chi connectivity index (χ0v) is 15.8. The van der Waals surface area contributed by atoms with Crippen molar-refractivity contribution in [2.45, 2.75) is 32.6 Å². The number of methoxy groups -OCH3 is 1. The molecule has 148 valence electrons. The van der Waals surface area contributed by atoms with Crippen LogP contribution in [0, 0.1) is 5.92 Å². The molecule has 0 bridgehead atoms. The molecule has 2 heterocycles. The van der Waals surface area contributed by atoms with Crippen LogP contribution in [0.1, 0.15) is 26.5 Å².